The van der Waals surface area contributed by atoms with E-state index in [0.29, 0.717) is 30.8 Å². The molecule has 1 aliphatic rings. The van der Waals surface area contributed by atoms with Crippen molar-refractivity contribution in [2.75, 3.05) is 13.1 Å². The summed E-state index contributed by atoms with van der Waals surface area (Å²) in [4.78, 5) is 12.8. The quantitative estimate of drug-likeness (QED) is 0.718. The Morgan fingerprint density at radius 2 is 1.60 bits per heavy atom. The summed E-state index contributed by atoms with van der Waals surface area (Å²) in [5.41, 5.74) is 5.76. The maximum absolute atomic E-state index is 12.6. The van der Waals surface area contributed by atoms with E-state index in [1.807, 2.05) is 19.1 Å². The van der Waals surface area contributed by atoms with Crippen LogP contribution in [0.2, 0.25) is 0 Å². The highest BCUT2D eigenvalue weighted by atomic mass is 32.2. The highest BCUT2D eigenvalue weighted by Gasteiger charge is 2.26. The molecule has 1 saturated heterocycles. The van der Waals surface area contributed by atoms with Crippen molar-refractivity contribution in [2.24, 2.45) is 0 Å². The summed E-state index contributed by atoms with van der Waals surface area (Å²) in [5.74, 6) is -0.00565. The molecule has 162 valence electrons. The van der Waals surface area contributed by atoms with Gasteiger partial charge in [-0.2, -0.15) is 4.31 Å². The van der Waals surface area contributed by atoms with E-state index < -0.39 is 10.0 Å². The normalized spacial score (nSPS) is 15.9. The molecule has 1 fully saturated rings. The molecule has 1 aliphatic heterocycles. The van der Waals surface area contributed by atoms with Crippen molar-refractivity contribution in [1.82, 2.24) is 9.62 Å². The van der Waals surface area contributed by atoms with Gasteiger partial charge in [-0.05, 0) is 86.9 Å². The second kappa shape index (κ2) is 9.31. The minimum atomic E-state index is -3.39. The third-order valence-corrected chi connectivity index (χ3v) is 7.91. The van der Waals surface area contributed by atoms with Crippen LogP contribution in [0.4, 0.5) is 0 Å². The molecule has 0 unspecified atom stereocenters. The van der Waals surface area contributed by atoms with Crippen LogP contribution in [0.25, 0.3) is 0 Å². The number of hydrogen-bond acceptors (Lipinski definition) is 3. The Kier molecular flexibility index (Phi) is 6.98. The molecule has 1 atom stereocenters. The van der Waals surface area contributed by atoms with E-state index >= 15 is 0 Å². The number of nitrogens with one attached hydrogen (secondary N) is 1. The lowest BCUT2D eigenvalue weighted by Gasteiger charge is -2.18. The topological polar surface area (TPSA) is 66.5 Å². The van der Waals surface area contributed by atoms with Gasteiger partial charge in [-0.3, -0.25) is 4.79 Å². The summed E-state index contributed by atoms with van der Waals surface area (Å²) < 4.78 is 26.8. The summed E-state index contributed by atoms with van der Waals surface area (Å²) >= 11 is 0. The molecule has 2 aromatic rings. The average Bonchev–Trinajstić information content (AvgIpc) is 3.25. The molecule has 0 bridgehead atoms. The molecular formula is C24H32N2O3S. The van der Waals surface area contributed by atoms with Crippen LogP contribution in [0, 0.1) is 20.8 Å². The highest BCUT2D eigenvalue weighted by molar-refractivity contribution is 7.89. The van der Waals surface area contributed by atoms with E-state index in [1.165, 1.54) is 16.7 Å². The molecule has 1 heterocycles. The predicted octanol–water partition coefficient (Wildman–Crippen LogP) is 4.21. The largest absolute Gasteiger partial charge is 0.350 e. The van der Waals surface area contributed by atoms with Gasteiger partial charge in [0.2, 0.25) is 15.9 Å². The lowest BCUT2D eigenvalue weighted by molar-refractivity contribution is -0.121. The van der Waals surface area contributed by atoms with Crippen LogP contribution < -0.4 is 5.32 Å². The first-order valence-electron chi connectivity index (χ1n) is 10.6. The molecule has 0 spiro atoms. The summed E-state index contributed by atoms with van der Waals surface area (Å²) in [6.45, 7) is 9.46. The van der Waals surface area contributed by atoms with Crippen LogP contribution in [0.3, 0.4) is 0 Å². The number of rotatable bonds is 7. The van der Waals surface area contributed by atoms with Crippen LogP contribution in [-0.2, 0) is 21.2 Å². The molecule has 0 saturated carbocycles. The third kappa shape index (κ3) is 5.10. The second-order valence-electron chi connectivity index (χ2n) is 8.34. The van der Waals surface area contributed by atoms with E-state index in [0.717, 1.165) is 24.0 Å². The summed E-state index contributed by atoms with van der Waals surface area (Å²) in [7, 11) is -3.39. The monoisotopic (exact) mass is 428 g/mol. The van der Waals surface area contributed by atoms with E-state index in [-0.39, 0.29) is 11.9 Å². The number of amides is 1. The van der Waals surface area contributed by atoms with Gasteiger partial charge in [0.25, 0.3) is 0 Å². The zero-order chi connectivity index (χ0) is 21.9. The van der Waals surface area contributed by atoms with Crippen molar-refractivity contribution >= 4 is 15.9 Å². The van der Waals surface area contributed by atoms with Gasteiger partial charge in [-0.25, -0.2) is 8.42 Å². The zero-order valence-corrected chi connectivity index (χ0v) is 19.2. The number of aryl methyl sites for hydroxylation is 4. The smallest absolute Gasteiger partial charge is 0.243 e. The molecule has 1 N–H and O–H groups in total. The Balaban J connectivity index is 1.56. The average molecular weight is 429 g/mol. The molecule has 1 amide bonds. The van der Waals surface area contributed by atoms with Gasteiger partial charge in [0.15, 0.2) is 0 Å². The SMILES string of the molecule is Cc1cc(C)c([C@@H](C)NC(=O)CCc2ccc(S(=O)(=O)N3CCCC3)cc2)cc1C. The first-order chi connectivity index (χ1) is 14.2. The van der Waals surface area contributed by atoms with E-state index in [9.17, 15) is 13.2 Å². The number of hydrogen-bond donors (Lipinski definition) is 1. The molecule has 0 radical (unpaired) electrons. The highest BCUT2D eigenvalue weighted by Crippen LogP contribution is 2.23. The van der Waals surface area contributed by atoms with Crippen LogP contribution in [-0.4, -0.2) is 31.7 Å². The van der Waals surface area contributed by atoms with E-state index in [4.69, 9.17) is 0 Å². The fourth-order valence-corrected chi connectivity index (χ4v) is 5.52. The lowest BCUT2D eigenvalue weighted by atomic mass is 9.96. The lowest BCUT2D eigenvalue weighted by Crippen LogP contribution is -2.28. The van der Waals surface area contributed by atoms with Gasteiger partial charge >= 0.3 is 0 Å². The van der Waals surface area contributed by atoms with Gasteiger partial charge in [-0.1, -0.05) is 24.3 Å². The van der Waals surface area contributed by atoms with Crippen LogP contribution in [0.5, 0.6) is 0 Å². The van der Waals surface area contributed by atoms with E-state index in [1.54, 1.807) is 16.4 Å². The first-order valence-corrected chi connectivity index (χ1v) is 12.1. The molecule has 0 aliphatic carbocycles. The van der Waals surface area contributed by atoms with Crippen LogP contribution >= 0.6 is 0 Å². The number of nitrogens with zero attached hydrogens (tertiary/aromatic N) is 1. The fourth-order valence-electron chi connectivity index (χ4n) is 4.00. The van der Waals surface area contributed by atoms with Gasteiger partial charge in [0.1, 0.15) is 0 Å². The van der Waals surface area contributed by atoms with Crippen molar-refractivity contribution in [2.45, 2.75) is 64.3 Å². The maximum Gasteiger partial charge on any atom is 0.243 e. The van der Waals surface area contributed by atoms with Gasteiger partial charge < -0.3 is 5.32 Å². The Morgan fingerprint density at radius 3 is 2.23 bits per heavy atom. The molecule has 30 heavy (non-hydrogen) atoms. The second-order valence-corrected chi connectivity index (χ2v) is 10.3. The maximum atomic E-state index is 12.6. The molecule has 2 aromatic carbocycles. The van der Waals surface area contributed by atoms with Crippen molar-refractivity contribution in [3.05, 3.63) is 64.2 Å². The molecular weight excluding hydrogens is 396 g/mol. The van der Waals surface area contributed by atoms with Crippen molar-refractivity contribution in [3.63, 3.8) is 0 Å². The number of carbonyl (C=O) groups excluding carboxylic acids is 1. The summed E-state index contributed by atoms with van der Waals surface area (Å²) in [5, 5.41) is 3.09. The predicted molar refractivity (Wildman–Crippen MR) is 120 cm³/mol. The van der Waals surface area contributed by atoms with Crippen molar-refractivity contribution in [1.29, 1.82) is 0 Å². The summed E-state index contributed by atoms with van der Waals surface area (Å²) in [6, 6.07) is 11.2. The number of benzene rings is 2. The first kappa shape index (κ1) is 22.5. The zero-order valence-electron chi connectivity index (χ0n) is 18.4. The standard InChI is InChI=1S/C24H32N2O3S/c1-17-15-19(3)23(16-18(17)2)20(4)25-24(27)12-9-21-7-10-22(11-8-21)30(28,29)26-13-5-6-14-26/h7-8,10-11,15-16,20H,5-6,9,12-14H2,1-4H3,(H,25,27)/t20-/m1/s1. The molecule has 6 heteroatoms. The fraction of sp³-hybridized carbons (Fsp3) is 0.458. The van der Waals surface area contributed by atoms with Crippen molar-refractivity contribution < 1.29 is 13.2 Å². The van der Waals surface area contributed by atoms with Crippen LogP contribution in [0.15, 0.2) is 41.3 Å². The minimum absolute atomic E-state index is 0.00565. The van der Waals surface area contributed by atoms with E-state index in [2.05, 4.69) is 38.2 Å². The Hall–Kier alpha value is -2.18. The number of carbonyl (C=O) groups is 1. The third-order valence-electron chi connectivity index (χ3n) is 5.99. The van der Waals surface area contributed by atoms with Gasteiger partial charge in [0, 0.05) is 19.5 Å². The molecule has 0 aromatic heterocycles. The van der Waals surface area contributed by atoms with Gasteiger partial charge in [-0.15, -0.1) is 0 Å². The Morgan fingerprint density at radius 1 is 1.00 bits per heavy atom. The van der Waals surface area contributed by atoms with Crippen LogP contribution in [0.1, 0.15) is 60.0 Å². The molecule has 5 nitrogen and oxygen atoms in total. The Bertz CT molecular complexity index is 1010. The Labute approximate surface area is 180 Å². The minimum Gasteiger partial charge on any atom is -0.350 e. The van der Waals surface area contributed by atoms with Crippen molar-refractivity contribution in [3.8, 4) is 0 Å². The van der Waals surface area contributed by atoms with Gasteiger partial charge in [0.05, 0.1) is 10.9 Å². The molecule has 3 rings (SSSR count). The summed E-state index contributed by atoms with van der Waals surface area (Å²) in [6.07, 6.45) is 2.79. The number of sulfonamides is 1.